The molecule has 0 amide bonds. The number of rotatable bonds is 3. The summed E-state index contributed by atoms with van der Waals surface area (Å²) in [5.74, 6) is 0. The highest BCUT2D eigenvalue weighted by Gasteiger charge is 2.25. The van der Waals surface area contributed by atoms with Gasteiger partial charge in [-0.1, -0.05) is 36.8 Å². The Morgan fingerprint density at radius 3 is 2.50 bits per heavy atom. The molecular weight excluding hydrogens is 196 g/mol. The lowest BCUT2D eigenvalue weighted by molar-refractivity contribution is 0.205. The lowest BCUT2D eigenvalue weighted by Gasteiger charge is -2.36. The van der Waals surface area contributed by atoms with Gasteiger partial charge < -0.3 is 10.2 Å². The summed E-state index contributed by atoms with van der Waals surface area (Å²) in [5, 5.41) is 3.66. The second-order valence-electron chi connectivity index (χ2n) is 4.88. The van der Waals surface area contributed by atoms with Gasteiger partial charge in [0.05, 0.1) is 0 Å². The van der Waals surface area contributed by atoms with Gasteiger partial charge in [-0.25, -0.2) is 0 Å². The summed E-state index contributed by atoms with van der Waals surface area (Å²) in [5.41, 5.74) is 1.42. The molecule has 2 rings (SSSR count). The lowest BCUT2D eigenvalue weighted by Crippen LogP contribution is -2.44. The van der Waals surface area contributed by atoms with Crippen LogP contribution in [0, 0.1) is 0 Å². The standard InChI is InChI=1S/C14H22N2/c1-16(2)14(12-8-4-3-5-9-12)13-10-6-7-11-15-13/h3-5,8-9,13-15H,6-7,10-11H2,1-2H3. The van der Waals surface area contributed by atoms with E-state index in [1.54, 1.807) is 0 Å². The number of hydrogen-bond acceptors (Lipinski definition) is 2. The van der Waals surface area contributed by atoms with Crippen LogP contribution in [0.5, 0.6) is 0 Å². The average Bonchev–Trinajstić information content (AvgIpc) is 2.31. The highest BCUT2D eigenvalue weighted by Crippen LogP contribution is 2.26. The highest BCUT2D eigenvalue weighted by atomic mass is 15.1. The van der Waals surface area contributed by atoms with Crippen molar-refractivity contribution in [2.75, 3.05) is 20.6 Å². The summed E-state index contributed by atoms with van der Waals surface area (Å²) in [6, 6.07) is 11.9. The van der Waals surface area contributed by atoms with E-state index in [0.717, 1.165) is 0 Å². The Morgan fingerprint density at radius 2 is 1.94 bits per heavy atom. The molecule has 0 bridgehead atoms. The number of nitrogens with zero attached hydrogens (tertiary/aromatic N) is 1. The fourth-order valence-corrected chi connectivity index (χ4v) is 2.69. The molecule has 2 heteroatoms. The van der Waals surface area contributed by atoms with Crippen molar-refractivity contribution in [3.8, 4) is 0 Å². The van der Waals surface area contributed by atoms with E-state index >= 15 is 0 Å². The third kappa shape index (κ3) is 2.63. The molecule has 1 fully saturated rings. The Bertz CT molecular complexity index is 302. The molecule has 0 spiro atoms. The molecule has 0 aliphatic carbocycles. The largest absolute Gasteiger partial charge is 0.312 e. The van der Waals surface area contributed by atoms with Gasteiger partial charge in [-0.05, 0) is 39.0 Å². The van der Waals surface area contributed by atoms with Gasteiger partial charge in [0, 0.05) is 12.1 Å². The topological polar surface area (TPSA) is 15.3 Å². The van der Waals surface area contributed by atoms with Gasteiger partial charge in [-0.3, -0.25) is 0 Å². The molecule has 1 heterocycles. The zero-order valence-electron chi connectivity index (χ0n) is 10.3. The maximum absolute atomic E-state index is 3.66. The molecule has 1 saturated heterocycles. The maximum Gasteiger partial charge on any atom is 0.0495 e. The van der Waals surface area contributed by atoms with Crippen molar-refractivity contribution in [1.82, 2.24) is 10.2 Å². The van der Waals surface area contributed by atoms with Gasteiger partial charge >= 0.3 is 0 Å². The summed E-state index contributed by atoms with van der Waals surface area (Å²) in [4.78, 5) is 2.33. The third-order valence-corrected chi connectivity index (χ3v) is 3.43. The summed E-state index contributed by atoms with van der Waals surface area (Å²) in [6.07, 6.45) is 3.97. The Balaban J connectivity index is 2.16. The SMILES string of the molecule is CN(C)C(c1ccccc1)C1CCCCN1. The van der Waals surface area contributed by atoms with Crippen molar-refractivity contribution in [3.05, 3.63) is 35.9 Å². The molecule has 2 nitrogen and oxygen atoms in total. The second-order valence-corrected chi connectivity index (χ2v) is 4.88. The number of piperidine rings is 1. The summed E-state index contributed by atoms with van der Waals surface area (Å²) in [6.45, 7) is 1.17. The minimum atomic E-state index is 0.501. The van der Waals surface area contributed by atoms with E-state index in [0.29, 0.717) is 12.1 Å². The summed E-state index contributed by atoms with van der Waals surface area (Å²) in [7, 11) is 4.35. The van der Waals surface area contributed by atoms with E-state index < -0.39 is 0 Å². The molecule has 1 N–H and O–H groups in total. The fraction of sp³-hybridized carbons (Fsp3) is 0.571. The molecule has 1 aliphatic rings. The normalized spacial score (nSPS) is 23.3. The first-order valence-electron chi connectivity index (χ1n) is 6.24. The van der Waals surface area contributed by atoms with Gasteiger partial charge in [0.1, 0.15) is 0 Å². The molecular formula is C14H22N2. The monoisotopic (exact) mass is 218 g/mol. The maximum atomic E-state index is 3.66. The van der Waals surface area contributed by atoms with E-state index in [9.17, 15) is 0 Å². The Labute approximate surface area is 98.7 Å². The van der Waals surface area contributed by atoms with E-state index in [1.807, 2.05) is 0 Å². The van der Waals surface area contributed by atoms with Crippen molar-refractivity contribution in [1.29, 1.82) is 0 Å². The second kappa shape index (κ2) is 5.46. The molecule has 88 valence electrons. The Kier molecular flexibility index (Phi) is 3.97. The zero-order chi connectivity index (χ0) is 11.4. The van der Waals surface area contributed by atoms with Crippen molar-refractivity contribution in [2.45, 2.75) is 31.3 Å². The third-order valence-electron chi connectivity index (χ3n) is 3.43. The molecule has 2 atom stereocenters. The van der Waals surface area contributed by atoms with Crippen LogP contribution >= 0.6 is 0 Å². The highest BCUT2D eigenvalue weighted by molar-refractivity contribution is 5.20. The molecule has 0 radical (unpaired) electrons. The molecule has 16 heavy (non-hydrogen) atoms. The van der Waals surface area contributed by atoms with E-state index in [-0.39, 0.29) is 0 Å². The first-order valence-corrected chi connectivity index (χ1v) is 6.24. The first kappa shape index (κ1) is 11.6. The van der Waals surface area contributed by atoms with Gasteiger partial charge in [0.15, 0.2) is 0 Å². The fourth-order valence-electron chi connectivity index (χ4n) is 2.69. The van der Waals surface area contributed by atoms with Crippen molar-refractivity contribution < 1.29 is 0 Å². The number of benzene rings is 1. The predicted molar refractivity (Wildman–Crippen MR) is 68.5 cm³/mol. The minimum absolute atomic E-state index is 0.501. The smallest absolute Gasteiger partial charge is 0.0495 e. The van der Waals surface area contributed by atoms with E-state index in [4.69, 9.17) is 0 Å². The van der Waals surface area contributed by atoms with Crippen LogP contribution in [0.1, 0.15) is 30.9 Å². The van der Waals surface area contributed by atoms with Crippen LogP contribution < -0.4 is 5.32 Å². The van der Waals surface area contributed by atoms with Crippen molar-refractivity contribution in [2.24, 2.45) is 0 Å². The number of nitrogens with one attached hydrogen (secondary N) is 1. The van der Waals surface area contributed by atoms with Crippen LogP contribution in [0.25, 0.3) is 0 Å². The van der Waals surface area contributed by atoms with Crippen LogP contribution in [0.3, 0.4) is 0 Å². The summed E-state index contributed by atoms with van der Waals surface area (Å²) >= 11 is 0. The van der Waals surface area contributed by atoms with Crippen LogP contribution in [-0.4, -0.2) is 31.6 Å². The average molecular weight is 218 g/mol. The molecule has 2 unspecified atom stereocenters. The number of hydrogen-bond donors (Lipinski definition) is 1. The molecule has 1 aromatic carbocycles. The van der Waals surface area contributed by atoms with Gasteiger partial charge in [-0.2, -0.15) is 0 Å². The molecule has 1 aromatic rings. The minimum Gasteiger partial charge on any atom is -0.312 e. The van der Waals surface area contributed by atoms with E-state index in [1.165, 1.54) is 31.4 Å². The van der Waals surface area contributed by atoms with Crippen LogP contribution in [0.15, 0.2) is 30.3 Å². The number of likely N-dealkylation sites (N-methyl/N-ethyl adjacent to an activating group) is 1. The molecule has 0 saturated carbocycles. The Morgan fingerprint density at radius 1 is 1.19 bits per heavy atom. The lowest BCUT2D eigenvalue weighted by atomic mass is 9.92. The molecule has 0 aromatic heterocycles. The van der Waals surface area contributed by atoms with Crippen LogP contribution in [-0.2, 0) is 0 Å². The molecule has 1 aliphatic heterocycles. The van der Waals surface area contributed by atoms with Gasteiger partial charge in [0.25, 0.3) is 0 Å². The van der Waals surface area contributed by atoms with E-state index in [2.05, 4.69) is 54.6 Å². The zero-order valence-corrected chi connectivity index (χ0v) is 10.3. The first-order chi connectivity index (χ1) is 7.79. The van der Waals surface area contributed by atoms with Crippen molar-refractivity contribution in [3.63, 3.8) is 0 Å². The van der Waals surface area contributed by atoms with Gasteiger partial charge in [0.2, 0.25) is 0 Å². The predicted octanol–water partition coefficient (Wildman–Crippen LogP) is 2.43. The van der Waals surface area contributed by atoms with Crippen LogP contribution in [0.4, 0.5) is 0 Å². The van der Waals surface area contributed by atoms with Crippen LogP contribution in [0.2, 0.25) is 0 Å². The quantitative estimate of drug-likeness (QED) is 0.838. The Hall–Kier alpha value is -0.860. The van der Waals surface area contributed by atoms with Crippen molar-refractivity contribution >= 4 is 0 Å². The summed E-state index contributed by atoms with van der Waals surface area (Å²) < 4.78 is 0. The van der Waals surface area contributed by atoms with Gasteiger partial charge in [-0.15, -0.1) is 0 Å².